The van der Waals surface area contributed by atoms with Gasteiger partial charge in [-0.05, 0) is 39.1 Å². The monoisotopic (exact) mass is 547 g/mol. The van der Waals surface area contributed by atoms with Crippen molar-refractivity contribution in [3.63, 3.8) is 0 Å². The van der Waals surface area contributed by atoms with E-state index < -0.39 is 0 Å². The molecule has 2 heteroatoms. The standard InChI is InChI=1S/C26H28N.Ir/c1-24(2)21-15-14-19(17-22(21)25(3,4)26(24,5)6)23-20(13-10-16-27-23)18-11-8-7-9-12-18;/h7-13,15-17H,1-6H3;/q-1;. The van der Waals surface area contributed by atoms with Crippen LogP contribution in [0.1, 0.15) is 52.7 Å². The van der Waals surface area contributed by atoms with Crippen molar-refractivity contribution in [3.8, 4) is 22.4 Å². The van der Waals surface area contributed by atoms with E-state index in [1.54, 1.807) is 0 Å². The summed E-state index contributed by atoms with van der Waals surface area (Å²) in [4.78, 5) is 4.74. The van der Waals surface area contributed by atoms with E-state index in [2.05, 4.69) is 90.1 Å². The van der Waals surface area contributed by atoms with Gasteiger partial charge in [0.1, 0.15) is 0 Å². The Morgan fingerprint density at radius 1 is 0.786 bits per heavy atom. The number of hydrogen-bond donors (Lipinski definition) is 0. The van der Waals surface area contributed by atoms with E-state index in [0.717, 1.165) is 16.8 Å². The number of fused-ring (bicyclic) bond motifs is 1. The molecule has 1 heterocycles. The predicted molar refractivity (Wildman–Crippen MR) is 114 cm³/mol. The van der Waals surface area contributed by atoms with Crippen LogP contribution in [0.3, 0.4) is 0 Å². The van der Waals surface area contributed by atoms with Crippen LogP contribution >= 0.6 is 0 Å². The molecule has 0 saturated carbocycles. The summed E-state index contributed by atoms with van der Waals surface area (Å²) in [6, 6.07) is 22.8. The minimum absolute atomic E-state index is 0. The van der Waals surface area contributed by atoms with Crippen molar-refractivity contribution in [2.75, 3.05) is 0 Å². The SMILES string of the molecule is CC1(C)c2c[c-]c(-c3ncccc3-c3ccccc3)cc2C(C)(C)C1(C)C.[Ir]. The van der Waals surface area contributed by atoms with Crippen molar-refractivity contribution >= 4 is 0 Å². The van der Waals surface area contributed by atoms with Crippen molar-refractivity contribution in [2.45, 2.75) is 52.4 Å². The Bertz CT molecular complexity index is 1000. The number of aromatic nitrogens is 1. The van der Waals surface area contributed by atoms with Crippen LogP contribution in [0.4, 0.5) is 0 Å². The molecule has 2 aromatic carbocycles. The molecule has 0 aliphatic heterocycles. The van der Waals surface area contributed by atoms with Crippen molar-refractivity contribution in [1.29, 1.82) is 0 Å². The first-order valence-electron chi connectivity index (χ1n) is 9.75. The van der Waals surface area contributed by atoms with Gasteiger partial charge in [-0.15, -0.1) is 34.9 Å². The second kappa shape index (κ2) is 6.94. The van der Waals surface area contributed by atoms with E-state index in [4.69, 9.17) is 4.98 Å². The Kier molecular flexibility index (Phi) is 5.19. The van der Waals surface area contributed by atoms with Gasteiger partial charge in [-0.1, -0.05) is 77.9 Å². The molecule has 4 rings (SSSR count). The average Bonchev–Trinajstić information content (AvgIpc) is 2.77. The summed E-state index contributed by atoms with van der Waals surface area (Å²) in [6.45, 7) is 14.3. The summed E-state index contributed by atoms with van der Waals surface area (Å²) in [5, 5.41) is 0. The third kappa shape index (κ3) is 2.81. The van der Waals surface area contributed by atoms with Crippen LogP contribution in [0.2, 0.25) is 0 Å². The molecule has 0 saturated heterocycles. The summed E-state index contributed by atoms with van der Waals surface area (Å²) in [7, 11) is 0. The van der Waals surface area contributed by atoms with E-state index in [9.17, 15) is 0 Å². The molecule has 147 valence electrons. The third-order valence-electron chi connectivity index (χ3n) is 7.57. The van der Waals surface area contributed by atoms with E-state index in [1.165, 1.54) is 16.7 Å². The molecule has 28 heavy (non-hydrogen) atoms. The van der Waals surface area contributed by atoms with E-state index in [1.807, 2.05) is 18.3 Å². The third-order valence-corrected chi connectivity index (χ3v) is 7.57. The molecule has 0 unspecified atom stereocenters. The van der Waals surface area contributed by atoms with E-state index in [0.29, 0.717) is 0 Å². The normalized spacial score (nSPS) is 18.2. The van der Waals surface area contributed by atoms with Gasteiger partial charge >= 0.3 is 0 Å². The maximum absolute atomic E-state index is 4.74. The summed E-state index contributed by atoms with van der Waals surface area (Å²) < 4.78 is 0. The zero-order valence-electron chi connectivity index (χ0n) is 17.6. The van der Waals surface area contributed by atoms with Gasteiger partial charge in [0.2, 0.25) is 0 Å². The van der Waals surface area contributed by atoms with Gasteiger partial charge in [-0.2, -0.15) is 0 Å². The summed E-state index contributed by atoms with van der Waals surface area (Å²) in [5.74, 6) is 0. The molecule has 0 amide bonds. The van der Waals surface area contributed by atoms with Crippen LogP contribution in [0.5, 0.6) is 0 Å². The van der Waals surface area contributed by atoms with Crippen molar-refractivity contribution in [3.05, 3.63) is 78.0 Å². The second-order valence-electron chi connectivity index (χ2n) is 9.31. The first-order chi connectivity index (χ1) is 12.7. The zero-order valence-corrected chi connectivity index (χ0v) is 19.9. The molecule has 1 aliphatic carbocycles. The van der Waals surface area contributed by atoms with Crippen molar-refractivity contribution in [2.24, 2.45) is 5.41 Å². The van der Waals surface area contributed by atoms with Crippen molar-refractivity contribution < 1.29 is 20.1 Å². The van der Waals surface area contributed by atoms with Gasteiger partial charge in [0.15, 0.2) is 0 Å². The van der Waals surface area contributed by atoms with Gasteiger partial charge < -0.3 is 4.98 Å². The molecule has 1 aliphatic rings. The fourth-order valence-electron chi connectivity index (χ4n) is 4.59. The molecule has 0 atom stereocenters. The van der Waals surface area contributed by atoms with Gasteiger partial charge in [-0.3, -0.25) is 0 Å². The maximum Gasteiger partial charge on any atom is 0.0161 e. The number of nitrogens with zero attached hydrogens (tertiary/aromatic N) is 1. The van der Waals surface area contributed by atoms with Crippen LogP contribution in [0, 0.1) is 11.5 Å². The van der Waals surface area contributed by atoms with Gasteiger partial charge in [-0.25, -0.2) is 0 Å². The van der Waals surface area contributed by atoms with E-state index >= 15 is 0 Å². The van der Waals surface area contributed by atoms with E-state index in [-0.39, 0.29) is 36.4 Å². The summed E-state index contributed by atoms with van der Waals surface area (Å²) in [5.41, 5.74) is 7.61. The fraction of sp³-hybridized carbons (Fsp3) is 0.346. The predicted octanol–water partition coefficient (Wildman–Crippen LogP) is 6.81. The Labute approximate surface area is 183 Å². The summed E-state index contributed by atoms with van der Waals surface area (Å²) in [6.07, 6.45) is 1.88. The number of pyridine rings is 1. The van der Waals surface area contributed by atoms with Gasteiger partial charge in [0.25, 0.3) is 0 Å². The van der Waals surface area contributed by atoms with Crippen molar-refractivity contribution in [1.82, 2.24) is 4.98 Å². The Balaban J connectivity index is 0.00000225. The average molecular weight is 547 g/mol. The molecular formula is C26H28IrN-. The second-order valence-corrected chi connectivity index (χ2v) is 9.31. The molecular weight excluding hydrogens is 519 g/mol. The topological polar surface area (TPSA) is 12.9 Å². The molecule has 0 bridgehead atoms. The van der Waals surface area contributed by atoms with Gasteiger partial charge in [0.05, 0.1) is 0 Å². The Hall–Kier alpha value is -1.76. The molecule has 1 aromatic heterocycles. The summed E-state index contributed by atoms with van der Waals surface area (Å²) >= 11 is 0. The smallest absolute Gasteiger partial charge is 0.0161 e. The largest absolute Gasteiger partial charge is 0.304 e. The van der Waals surface area contributed by atoms with Crippen LogP contribution in [0.25, 0.3) is 22.4 Å². The van der Waals surface area contributed by atoms with Crippen LogP contribution in [-0.4, -0.2) is 4.98 Å². The molecule has 0 spiro atoms. The zero-order chi connectivity index (χ0) is 19.4. The molecule has 3 aromatic rings. The number of rotatable bonds is 2. The Morgan fingerprint density at radius 3 is 2.11 bits per heavy atom. The molecule has 0 fully saturated rings. The first-order valence-corrected chi connectivity index (χ1v) is 9.75. The minimum atomic E-state index is 0. The minimum Gasteiger partial charge on any atom is -0.304 e. The van der Waals surface area contributed by atoms with Crippen LogP contribution in [0.15, 0.2) is 60.8 Å². The first kappa shape index (κ1) is 21.0. The Morgan fingerprint density at radius 2 is 1.43 bits per heavy atom. The quantitative estimate of drug-likeness (QED) is 0.322. The fourth-order valence-corrected chi connectivity index (χ4v) is 4.59. The molecule has 1 nitrogen and oxygen atoms in total. The molecule has 1 radical (unpaired) electrons. The maximum atomic E-state index is 4.74. The van der Waals surface area contributed by atoms with Crippen LogP contribution in [-0.2, 0) is 30.9 Å². The van der Waals surface area contributed by atoms with Crippen LogP contribution < -0.4 is 0 Å². The number of hydrogen-bond acceptors (Lipinski definition) is 1. The van der Waals surface area contributed by atoms with Gasteiger partial charge in [0, 0.05) is 26.3 Å². The number of benzene rings is 2. The molecule has 0 N–H and O–H groups in total.